The van der Waals surface area contributed by atoms with E-state index in [-0.39, 0.29) is 0 Å². The highest BCUT2D eigenvalue weighted by Gasteiger charge is 2.06. The predicted molar refractivity (Wildman–Crippen MR) is 29.0 cm³/mol. The first-order valence-electron chi connectivity index (χ1n) is 2.26. The highest BCUT2D eigenvalue weighted by atomic mass is 16.3. The van der Waals surface area contributed by atoms with Crippen LogP contribution in [0, 0.1) is 0 Å². The third-order valence-corrected chi connectivity index (χ3v) is 0.908. The smallest absolute Gasteiger partial charge is 0.316 e. The Labute approximate surface area is 47.9 Å². The molecule has 8 heavy (non-hydrogen) atoms. The molecule has 0 rings (SSSR count). The van der Waals surface area contributed by atoms with Gasteiger partial charge in [0.05, 0.1) is 0 Å². The molecule has 1 unspecified atom stereocenters. The van der Waals surface area contributed by atoms with E-state index >= 15 is 0 Å². The first-order valence-corrected chi connectivity index (χ1v) is 2.26. The highest BCUT2D eigenvalue weighted by Crippen LogP contribution is 1.86. The van der Waals surface area contributed by atoms with Crippen LogP contribution >= 0.6 is 0 Å². The molecule has 0 radical (unpaired) electrons. The molecule has 0 aromatic carbocycles. The van der Waals surface area contributed by atoms with E-state index in [4.69, 9.17) is 10.8 Å². The molecule has 0 saturated heterocycles. The van der Waals surface area contributed by atoms with E-state index in [0.29, 0.717) is 0 Å². The lowest BCUT2D eigenvalue weighted by Gasteiger charge is -2.16. The van der Waals surface area contributed by atoms with E-state index in [2.05, 4.69) is 0 Å². The average Bonchev–Trinajstić information content (AvgIpc) is 1.64. The minimum atomic E-state index is -0.799. The molecule has 0 aliphatic carbocycles. The molecule has 0 aliphatic heterocycles. The maximum Gasteiger partial charge on any atom is 0.316 e. The number of aliphatic hydroxyl groups is 1. The van der Waals surface area contributed by atoms with Crippen LogP contribution in [-0.2, 0) is 0 Å². The second-order valence-corrected chi connectivity index (χ2v) is 1.58. The van der Waals surface area contributed by atoms with Gasteiger partial charge in [0, 0.05) is 7.05 Å². The number of carbonyl (C=O) groups is 1. The van der Waals surface area contributed by atoms with Gasteiger partial charge in [-0.1, -0.05) is 0 Å². The first-order chi connectivity index (χ1) is 3.55. The van der Waals surface area contributed by atoms with Gasteiger partial charge in [0.25, 0.3) is 0 Å². The number of primary amides is 1. The highest BCUT2D eigenvalue weighted by molar-refractivity contribution is 5.71. The van der Waals surface area contributed by atoms with Gasteiger partial charge in [-0.05, 0) is 6.92 Å². The van der Waals surface area contributed by atoms with Crippen LogP contribution < -0.4 is 5.73 Å². The molecule has 4 heteroatoms. The molecular weight excluding hydrogens is 108 g/mol. The van der Waals surface area contributed by atoms with Gasteiger partial charge in [-0.3, -0.25) is 0 Å². The van der Waals surface area contributed by atoms with Gasteiger partial charge >= 0.3 is 6.03 Å². The number of nitrogens with two attached hydrogens (primary N) is 1. The van der Waals surface area contributed by atoms with Crippen molar-refractivity contribution in [2.24, 2.45) is 5.73 Å². The Morgan fingerprint density at radius 2 is 2.25 bits per heavy atom. The Balaban J connectivity index is 3.64. The van der Waals surface area contributed by atoms with Crippen LogP contribution in [0.25, 0.3) is 0 Å². The molecule has 1 atom stereocenters. The van der Waals surface area contributed by atoms with Gasteiger partial charge < -0.3 is 15.7 Å². The van der Waals surface area contributed by atoms with E-state index in [1.54, 1.807) is 0 Å². The second-order valence-electron chi connectivity index (χ2n) is 1.58. The topological polar surface area (TPSA) is 66.6 Å². The van der Waals surface area contributed by atoms with Gasteiger partial charge in [-0.2, -0.15) is 0 Å². The summed E-state index contributed by atoms with van der Waals surface area (Å²) >= 11 is 0. The van der Waals surface area contributed by atoms with Crippen LogP contribution in [0.2, 0.25) is 0 Å². The first kappa shape index (κ1) is 7.23. The second kappa shape index (κ2) is 2.52. The Morgan fingerprint density at radius 1 is 1.88 bits per heavy atom. The van der Waals surface area contributed by atoms with E-state index < -0.39 is 12.3 Å². The third-order valence-electron chi connectivity index (χ3n) is 0.908. The zero-order valence-corrected chi connectivity index (χ0v) is 4.96. The Morgan fingerprint density at radius 3 is 2.25 bits per heavy atom. The van der Waals surface area contributed by atoms with E-state index in [0.717, 1.165) is 4.90 Å². The normalized spacial score (nSPS) is 12.9. The van der Waals surface area contributed by atoms with Gasteiger partial charge in [0.1, 0.15) is 6.23 Å². The van der Waals surface area contributed by atoms with Crippen molar-refractivity contribution >= 4 is 6.03 Å². The Hall–Kier alpha value is -0.770. The molecule has 0 spiro atoms. The molecule has 48 valence electrons. The van der Waals surface area contributed by atoms with Gasteiger partial charge in [-0.15, -0.1) is 0 Å². The van der Waals surface area contributed by atoms with Crippen molar-refractivity contribution in [3.05, 3.63) is 0 Å². The molecule has 0 fully saturated rings. The number of hydrogen-bond acceptors (Lipinski definition) is 2. The molecular formula is C4H10N2O2. The lowest BCUT2D eigenvalue weighted by molar-refractivity contribution is 0.0656. The summed E-state index contributed by atoms with van der Waals surface area (Å²) in [5.74, 6) is 0. The van der Waals surface area contributed by atoms with Crippen molar-refractivity contribution in [2.45, 2.75) is 13.2 Å². The fourth-order valence-corrected chi connectivity index (χ4v) is 0.184. The molecule has 0 saturated carbocycles. The molecule has 4 nitrogen and oxygen atoms in total. The van der Waals surface area contributed by atoms with Crippen molar-refractivity contribution < 1.29 is 9.90 Å². The van der Waals surface area contributed by atoms with Crippen LogP contribution in [0.4, 0.5) is 4.79 Å². The monoisotopic (exact) mass is 118 g/mol. The van der Waals surface area contributed by atoms with Crippen LogP contribution in [0.15, 0.2) is 0 Å². The molecule has 0 aliphatic rings. The summed E-state index contributed by atoms with van der Waals surface area (Å²) in [5, 5.41) is 8.62. The number of hydrogen-bond donors (Lipinski definition) is 2. The largest absolute Gasteiger partial charge is 0.374 e. The fourth-order valence-electron chi connectivity index (χ4n) is 0.184. The van der Waals surface area contributed by atoms with E-state index in [1.165, 1.54) is 14.0 Å². The maximum atomic E-state index is 10.1. The lowest BCUT2D eigenvalue weighted by atomic mass is 10.6. The van der Waals surface area contributed by atoms with Gasteiger partial charge in [0.2, 0.25) is 0 Å². The van der Waals surface area contributed by atoms with Crippen LogP contribution in [0.5, 0.6) is 0 Å². The number of amides is 2. The molecule has 0 aromatic heterocycles. The van der Waals surface area contributed by atoms with Gasteiger partial charge in [0.15, 0.2) is 0 Å². The summed E-state index contributed by atoms with van der Waals surface area (Å²) in [5.41, 5.74) is 4.76. The van der Waals surface area contributed by atoms with Crippen molar-refractivity contribution in [3.8, 4) is 0 Å². The van der Waals surface area contributed by atoms with Crippen molar-refractivity contribution in [1.29, 1.82) is 0 Å². The zero-order chi connectivity index (χ0) is 6.73. The quantitative estimate of drug-likeness (QED) is 0.448. The maximum absolute atomic E-state index is 10.1. The number of nitrogens with zero attached hydrogens (tertiary/aromatic N) is 1. The van der Waals surface area contributed by atoms with Crippen molar-refractivity contribution in [1.82, 2.24) is 4.90 Å². The SMILES string of the molecule is CC(O)N(C)C(N)=O. The van der Waals surface area contributed by atoms with Crippen LogP contribution in [0.1, 0.15) is 6.92 Å². The number of urea groups is 1. The Bertz CT molecular complexity index is 92.0. The Kier molecular flexibility index (Phi) is 2.27. The van der Waals surface area contributed by atoms with Crippen LogP contribution in [0.3, 0.4) is 0 Å². The number of aliphatic hydroxyl groups excluding tert-OH is 1. The van der Waals surface area contributed by atoms with Crippen molar-refractivity contribution in [3.63, 3.8) is 0 Å². The molecule has 0 aromatic rings. The molecule has 0 heterocycles. The van der Waals surface area contributed by atoms with Crippen LogP contribution in [-0.4, -0.2) is 29.3 Å². The summed E-state index contributed by atoms with van der Waals surface area (Å²) in [4.78, 5) is 11.2. The minimum absolute atomic E-state index is 0.625. The van der Waals surface area contributed by atoms with E-state index in [1.807, 2.05) is 0 Å². The standard InChI is InChI=1S/C4H10N2O2/c1-3(7)6(2)4(5)8/h3,7H,1-2H3,(H2,5,8). The summed E-state index contributed by atoms with van der Waals surface area (Å²) in [6, 6.07) is -0.625. The summed E-state index contributed by atoms with van der Waals surface area (Å²) < 4.78 is 0. The summed E-state index contributed by atoms with van der Waals surface area (Å²) in [7, 11) is 1.42. The number of carbonyl (C=O) groups excluding carboxylic acids is 1. The summed E-state index contributed by atoms with van der Waals surface area (Å²) in [6.45, 7) is 1.46. The van der Waals surface area contributed by atoms with E-state index in [9.17, 15) is 4.79 Å². The summed E-state index contributed by atoms with van der Waals surface area (Å²) in [6.07, 6.45) is -0.799. The average molecular weight is 118 g/mol. The molecule has 3 N–H and O–H groups in total. The molecule has 0 bridgehead atoms. The fraction of sp³-hybridized carbons (Fsp3) is 0.750. The molecule has 2 amide bonds. The third kappa shape index (κ3) is 1.79. The minimum Gasteiger partial charge on any atom is -0.374 e. The van der Waals surface area contributed by atoms with Gasteiger partial charge in [-0.25, -0.2) is 4.79 Å². The number of rotatable bonds is 1. The predicted octanol–water partition coefficient (Wildman–Crippen LogP) is -0.665. The zero-order valence-electron chi connectivity index (χ0n) is 4.96. The van der Waals surface area contributed by atoms with Crippen molar-refractivity contribution in [2.75, 3.05) is 7.05 Å². The lowest BCUT2D eigenvalue weighted by Crippen LogP contribution is -2.38.